The lowest BCUT2D eigenvalue weighted by Crippen LogP contribution is -2.44. The van der Waals surface area contributed by atoms with Gasteiger partial charge in [-0.3, -0.25) is 9.78 Å². The van der Waals surface area contributed by atoms with Gasteiger partial charge in [-0.25, -0.2) is 9.59 Å². The number of nitrogens with one attached hydrogen (secondary N) is 3. The highest BCUT2D eigenvalue weighted by molar-refractivity contribution is 5.74. The fourth-order valence-electron chi connectivity index (χ4n) is 2.69. The molecular formula is C18H19F3N4O4. The van der Waals surface area contributed by atoms with E-state index >= 15 is 0 Å². The average molecular weight is 412 g/mol. The van der Waals surface area contributed by atoms with Crippen molar-refractivity contribution in [2.24, 2.45) is 0 Å². The van der Waals surface area contributed by atoms with Gasteiger partial charge in [0.15, 0.2) is 0 Å². The van der Waals surface area contributed by atoms with Crippen molar-refractivity contribution in [2.45, 2.75) is 38.0 Å². The van der Waals surface area contributed by atoms with Crippen LogP contribution in [0.1, 0.15) is 23.2 Å². The largest absolute Gasteiger partial charge is 0.490 e. The molecule has 156 valence electrons. The van der Waals surface area contributed by atoms with Crippen molar-refractivity contribution in [1.82, 2.24) is 20.6 Å². The number of hydrogen-bond donors (Lipinski definition) is 4. The molecule has 0 bridgehead atoms. The number of aliphatic carboxylic acids is 1. The normalized spacial score (nSPS) is 15.3. The highest BCUT2D eigenvalue weighted by Gasteiger charge is 2.38. The van der Waals surface area contributed by atoms with E-state index in [1.54, 1.807) is 12.4 Å². The van der Waals surface area contributed by atoms with E-state index in [0.29, 0.717) is 6.54 Å². The minimum absolute atomic E-state index is 0.0700. The zero-order valence-corrected chi connectivity index (χ0v) is 15.1. The SMILES string of the molecule is O=C(NCc1cccnc1)NC1CCc2[nH]c(=O)ccc2C1.O=C(O)C(F)(F)F. The van der Waals surface area contributed by atoms with Crippen molar-refractivity contribution < 1.29 is 27.9 Å². The van der Waals surface area contributed by atoms with Gasteiger partial charge in [-0.1, -0.05) is 12.1 Å². The number of urea groups is 1. The fourth-order valence-corrected chi connectivity index (χ4v) is 2.69. The lowest BCUT2D eigenvalue weighted by Gasteiger charge is -2.25. The molecule has 2 aromatic heterocycles. The average Bonchev–Trinajstić information content (AvgIpc) is 2.67. The summed E-state index contributed by atoms with van der Waals surface area (Å²) >= 11 is 0. The first-order valence-corrected chi connectivity index (χ1v) is 8.59. The number of fused-ring (bicyclic) bond motifs is 1. The molecule has 0 fully saturated rings. The van der Waals surface area contributed by atoms with E-state index in [4.69, 9.17) is 9.90 Å². The summed E-state index contributed by atoms with van der Waals surface area (Å²) in [5.74, 6) is -2.76. The fraction of sp³-hybridized carbons (Fsp3) is 0.333. The third-order valence-electron chi connectivity index (χ3n) is 4.06. The lowest BCUT2D eigenvalue weighted by atomic mass is 9.92. The summed E-state index contributed by atoms with van der Waals surface area (Å²) in [4.78, 5) is 39.0. The van der Waals surface area contributed by atoms with Crippen molar-refractivity contribution in [2.75, 3.05) is 0 Å². The number of hydrogen-bond acceptors (Lipinski definition) is 4. The summed E-state index contributed by atoms with van der Waals surface area (Å²) in [6.07, 6.45) is 0.694. The van der Waals surface area contributed by atoms with Gasteiger partial charge in [0.25, 0.3) is 0 Å². The van der Waals surface area contributed by atoms with Crippen LogP contribution in [0, 0.1) is 0 Å². The van der Waals surface area contributed by atoms with E-state index in [1.807, 2.05) is 18.2 Å². The van der Waals surface area contributed by atoms with Crippen molar-refractivity contribution in [1.29, 1.82) is 0 Å². The van der Waals surface area contributed by atoms with E-state index in [-0.39, 0.29) is 17.6 Å². The van der Waals surface area contributed by atoms with E-state index in [1.165, 1.54) is 6.07 Å². The molecule has 0 saturated carbocycles. The quantitative estimate of drug-likeness (QED) is 0.612. The minimum atomic E-state index is -5.08. The van der Waals surface area contributed by atoms with Crippen LogP contribution in [0.3, 0.4) is 0 Å². The highest BCUT2D eigenvalue weighted by Crippen LogP contribution is 2.18. The van der Waals surface area contributed by atoms with Gasteiger partial charge in [0.1, 0.15) is 0 Å². The summed E-state index contributed by atoms with van der Waals surface area (Å²) in [6.45, 7) is 0.455. The van der Waals surface area contributed by atoms with E-state index in [9.17, 15) is 22.8 Å². The Hall–Kier alpha value is -3.37. The molecule has 2 aromatic rings. The number of amides is 2. The van der Waals surface area contributed by atoms with Crippen LogP contribution in [0.4, 0.5) is 18.0 Å². The third-order valence-corrected chi connectivity index (χ3v) is 4.06. The number of carboxylic acids is 1. The number of carboxylic acid groups (broad SMARTS) is 1. The van der Waals surface area contributed by atoms with Gasteiger partial charge in [0, 0.05) is 36.7 Å². The van der Waals surface area contributed by atoms with Crippen molar-refractivity contribution >= 4 is 12.0 Å². The monoisotopic (exact) mass is 412 g/mol. The second-order valence-electron chi connectivity index (χ2n) is 6.26. The number of alkyl halides is 3. The molecule has 2 amide bonds. The molecular weight excluding hydrogens is 393 g/mol. The summed E-state index contributed by atoms with van der Waals surface area (Å²) in [5, 5.41) is 12.9. The number of H-pyrrole nitrogens is 1. The second kappa shape index (κ2) is 9.71. The molecule has 0 radical (unpaired) electrons. The van der Waals surface area contributed by atoms with Crippen LogP contribution < -0.4 is 16.2 Å². The Bertz CT molecular complexity index is 900. The molecule has 2 heterocycles. The Labute approximate surface area is 163 Å². The van der Waals surface area contributed by atoms with Gasteiger partial charge in [0.05, 0.1) is 0 Å². The molecule has 1 atom stereocenters. The molecule has 0 aromatic carbocycles. The molecule has 11 heteroatoms. The molecule has 0 saturated heterocycles. The number of nitrogens with zero attached hydrogens (tertiary/aromatic N) is 1. The maximum Gasteiger partial charge on any atom is 0.490 e. The first-order valence-electron chi connectivity index (χ1n) is 8.59. The van der Waals surface area contributed by atoms with Crippen LogP contribution in [0.5, 0.6) is 0 Å². The molecule has 3 rings (SSSR count). The van der Waals surface area contributed by atoms with Crippen molar-refractivity contribution in [3.8, 4) is 0 Å². The summed E-state index contributed by atoms with van der Waals surface area (Å²) in [6, 6.07) is 7.04. The zero-order valence-electron chi connectivity index (χ0n) is 15.1. The zero-order chi connectivity index (χ0) is 21.4. The standard InChI is InChI=1S/C16H18N4O2.C2HF3O2/c21-15-6-3-12-8-13(4-5-14(12)20-15)19-16(22)18-10-11-2-1-7-17-9-11;3-2(4,5)1(6)7/h1-3,6-7,9,13H,4-5,8,10H2,(H,20,21)(H2,18,19,22);(H,6,7). The first-order chi connectivity index (χ1) is 13.6. The molecule has 4 N–H and O–H groups in total. The number of aryl methyl sites for hydroxylation is 1. The van der Waals surface area contributed by atoms with E-state index in [2.05, 4.69) is 20.6 Å². The topological polar surface area (TPSA) is 124 Å². The Balaban J connectivity index is 0.000000370. The van der Waals surface area contributed by atoms with Crippen LogP contribution in [0.15, 0.2) is 41.5 Å². The minimum Gasteiger partial charge on any atom is -0.475 e. The van der Waals surface area contributed by atoms with Gasteiger partial charge in [-0.15, -0.1) is 0 Å². The van der Waals surface area contributed by atoms with E-state index < -0.39 is 12.1 Å². The van der Waals surface area contributed by atoms with Gasteiger partial charge in [-0.05, 0) is 36.5 Å². The van der Waals surface area contributed by atoms with Crippen LogP contribution >= 0.6 is 0 Å². The summed E-state index contributed by atoms with van der Waals surface area (Å²) < 4.78 is 31.7. The number of aromatic nitrogens is 2. The summed E-state index contributed by atoms with van der Waals surface area (Å²) in [7, 11) is 0. The van der Waals surface area contributed by atoms with Gasteiger partial charge in [0.2, 0.25) is 5.56 Å². The highest BCUT2D eigenvalue weighted by atomic mass is 19.4. The Morgan fingerprint density at radius 3 is 2.62 bits per heavy atom. The maximum atomic E-state index is 12.0. The predicted molar refractivity (Wildman–Crippen MR) is 96.2 cm³/mol. The molecule has 29 heavy (non-hydrogen) atoms. The van der Waals surface area contributed by atoms with Crippen molar-refractivity contribution in [3.05, 3.63) is 63.8 Å². The molecule has 1 aliphatic rings. The first kappa shape index (κ1) is 21.9. The molecule has 8 nitrogen and oxygen atoms in total. The lowest BCUT2D eigenvalue weighted by molar-refractivity contribution is -0.192. The molecule has 0 spiro atoms. The molecule has 1 unspecified atom stereocenters. The predicted octanol–water partition coefficient (Wildman–Crippen LogP) is 1.76. The van der Waals surface area contributed by atoms with Gasteiger partial charge in [-0.2, -0.15) is 13.2 Å². The summed E-state index contributed by atoms with van der Waals surface area (Å²) in [5.41, 5.74) is 2.98. The Kier molecular flexibility index (Phi) is 7.34. The number of rotatable bonds is 3. The van der Waals surface area contributed by atoms with Crippen LogP contribution in [-0.4, -0.2) is 39.3 Å². The molecule has 1 aliphatic carbocycles. The smallest absolute Gasteiger partial charge is 0.475 e. The second-order valence-corrected chi connectivity index (χ2v) is 6.26. The van der Waals surface area contributed by atoms with Gasteiger partial charge < -0.3 is 20.7 Å². The van der Waals surface area contributed by atoms with Crippen molar-refractivity contribution in [3.63, 3.8) is 0 Å². The maximum absolute atomic E-state index is 12.0. The molecule has 0 aliphatic heterocycles. The number of carbonyl (C=O) groups is 2. The van der Waals surface area contributed by atoms with Crippen LogP contribution in [0.25, 0.3) is 0 Å². The number of aromatic amines is 1. The number of pyridine rings is 2. The number of carbonyl (C=O) groups excluding carboxylic acids is 1. The Morgan fingerprint density at radius 1 is 1.28 bits per heavy atom. The number of halogens is 3. The Morgan fingerprint density at radius 2 is 2.00 bits per heavy atom. The van der Waals surface area contributed by atoms with Crippen LogP contribution in [-0.2, 0) is 24.2 Å². The van der Waals surface area contributed by atoms with Crippen LogP contribution in [0.2, 0.25) is 0 Å². The third kappa shape index (κ3) is 7.28. The van der Waals surface area contributed by atoms with E-state index in [0.717, 1.165) is 36.1 Å². The van der Waals surface area contributed by atoms with Gasteiger partial charge >= 0.3 is 18.2 Å².